The lowest BCUT2D eigenvalue weighted by Crippen LogP contribution is -2.39. The molecule has 1 aromatic rings. The van der Waals surface area contributed by atoms with E-state index in [2.05, 4.69) is 28.6 Å². The fourth-order valence-electron chi connectivity index (χ4n) is 3.10. The minimum atomic E-state index is -0.350. The van der Waals surface area contributed by atoms with Crippen LogP contribution in [0.2, 0.25) is 5.15 Å². The maximum Gasteiger partial charge on any atom is 0.129 e. The highest BCUT2D eigenvalue weighted by molar-refractivity contribution is 6.29. The Bertz CT molecular complexity index is 528. The molecule has 0 radical (unpaired) electrons. The van der Waals surface area contributed by atoms with Gasteiger partial charge in [0.25, 0.3) is 0 Å². The Hall–Kier alpha value is -1.26. The van der Waals surface area contributed by atoms with Gasteiger partial charge in [0, 0.05) is 25.8 Å². The second kappa shape index (κ2) is 5.26. The molecule has 3 heterocycles. The lowest BCUT2D eigenvalue weighted by molar-refractivity contribution is 0.00678. The average molecular weight is 294 g/mol. The van der Waals surface area contributed by atoms with E-state index in [1.807, 2.05) is 18.3 Å². The Morgan fingerprint density at radius 2 is 2.20 bits per heavy atom. The van der Waals surface area contributed by atoms with Gasteiger partial charge in [-0.2, -0.15) is 0 Å². The van der Waals surface area contributed by atoms with Crippen molar-refractivity contribution in [2.45, 2.75) is 33.0 Å². The Kier molecular flexibility index (Phi) is 3.61. The van der Waals surface area contributed by atoms with Gasteiger partial charge >= 0.3 is 0 Å². The number of rotatable bonds is 2. The fraction of sp³-hybridized carbons (Fsp3) is 0.533. The Morgan fingerprint density at radius 1 is 1.40 bits per heavy atom. The molecule has 108 valence electrons. The molecule has 4 nitrogen and oxygen atoms in total. The third-order valence-corrected chi connectivity index (χ3v) is 4.58. The van der Waals surface area contributed by atoms with Crippen molar-refractivity contribution in [3.05, 3.63) is 40.4 Å². The summed E-state index contributed by atoms with van der Waals surface area (Å²) in [5, 5.41) is 10.7. The van der Waals surface area contributed by atoms with Crippen LogP contribution < -0.4 is 0 Å². The first-order valence-corrected chi connectivity index (χ1v) is 7.45. The van der Waals surface area contributed by atoms with Gasteiger partial charge in [-0.05, 0) is 36.5 Å². The van der Waals surface area contributed by atoms with Crippen molar-refractivity contribution in [2.75, 3.05) is 13.1 Å². The van der Waals surface area contributed by atoms with Gasteiger partial charge in [-0.25, -0.2) is 4.98 Å². The molecule has 0 aromatic carbocycles. The number of aromatic nitrogens is 1. The highest BCUT2D eigenvalue weighted by atomic mass is 35.5. The minimum absolute atomic E-state index is 0.350. The third-order valence-electron chi connectivity index (χ3n) is 4.36. The monoisotopic (exact) mass is 293 g/mol. The van der Waals surface area contributed by atoms with Crippen LogP contribution in [0.4, 0.5) is 0 Å². The van der Waals surface area contributed by atoms with Crippen molar-refractivity contribution < 1.29 is 5.11 Å². The van der Waals surface area contributed by atoms with E-state index < -0.39 is 0 Å². The standard InChI is InChI=1S/C15H20ClN3O/c1-10-7-14(20)19-6-5-18(15(19)11(10)2)9-12-3-4-13(16)17-8-12/h3-4,8,10,14,20H,5-7,9H2,1-2H3. The molecule has 1 fully saturated rings. The van der Waals surface area contributed by atoms with Crippen LogP contribution in [0.15, 0.2) is 29.7 Å². The maximum atomic E-state index is 10.2. The highest BCUT2D eigenvalue weighted by Gasteiger charge is 2.36. The number of hydrogen-bond acceptors (Lipinski definition) is 4. The summed E-state index contributed by atoms with van der Waals surface area (Å²) >= 11 is 5.83. The third kappa shape index (κ3) is 2.38. The SMILES string of the molecule is CC1=C2N(Cc3ccc(Cl)nc3)CCN2C(O)CC1C. The van der Waals surface area contributed by atoms with E-state index in [0.717, 1.165) is 31.6 Å². The van der Waals surface area contributed by atoms with E-state index in [9.17, 15) is 5.11 Å². The number of allylic oxidation sites excluding steroid dienone is 1. The summed E-state index contributed by atoms with van der Waals surface area (Å²) in [4.78, 5) is 8.59. The molecule has 1 saturated heterocycles. The first-order chi connectivity index (χ1) is 9.56. The number of fused-ring (bicyclic) bond motifs is 1. The van der Waals surface area contributed by atoms with Crippen LogP contribution in [0.25, 0.3) is 0 Å². The molecule has 20 heavy (non-hydrogen) atoms. The molecule has 1 aromatic heterocycles. The summed E-state index contributed by atoms with van der Waals surface area (Å²) in [6.07, 6.45) is 2.30. The molecule has 0 saturated carbocycles. The largest absolute Gasteiger partial charge is 0.374 e. The van der Waals surface area contributed by atoms with Crippen molar-refractivity contribution >= 4 is 11.6 Å². The summed E-state index contributed by atoms with van der Waals surface area (Å²) in [6.45, 7) is 7.01. The van der Waals surface area contributed by atoms with Crippen LogP contribution in [-0.2, 0) is 6.54 Å². The normalized spacial score (nSPS) is 26.2. The second-order valence-corrected chi connectivity index (χ2v) is 6.12. The van der Waals surface area contributed by atoms with Gasteiger partial charge < -0.3 is 14.9 Å². The van der Waals surface area contributed by atoms with Gasteiger partial charge in [-0.1, -0.05) is 24.6 Å². The topological polar surface area (TPSA) is 39.6 Å². The molecule has 0 bridgehead atoms. The van der Waals surface area contributed by atoms with Gasteiger partial charge in [-0.3, -0.25) is 0 Å². The number of aliphatic hydroxyl groups is 1. The van der Waals surface area contributed by atoms with Crippen molar-refractivity contribution in [3.63, 3.8) is 0 Å². The predicted molar refractivity (Wildman–Crippen MR) is 78.9 cm³/mol. The first kappa shape index (κ1) is 13.7. The molecule has 2 aliphatic heterocycles. The molecule has 0 spiro atoms. The summed E-state index contributed by atoms with van der Waals surface area (Å²) in [5.74, 6) is 1.63. The number of hydrogen-bond donors (Lipinski definition) is 1. The molecule has 2 aliphatic rings. The van der Waals surface area contributed by atoms with Gasteiger partial charge in [-0.15, -0.1) is 0 Å². The van der Waals surface area contributed by atoms with E-state index in [4.69, 9.17) is 11.6 Å². The molecular formula is C15H20ClN3O. The van der Waals surface area contributed by atoms with Gasteiger partial charge in [0.1, 0.15) is 17.2 Å². The van der Waals surface area contributed by atoms with E-state index in [0.29, 0.717) is 11.1 Å². The van der Waals surface area contributed by atoms with Crippen LogP contribution in [-0.4, -0.2) is 39.2 Å². The van der Waals surface area contributed by atoms with Gasteiger partial charge in [0.15, 0.2) is 0 Å². The van der Waals surface area contributed by atoms with Crippen molar-refractivity contribution in [1.29, 1.82) is 0 Å². The molecule has 2 unspecified atom stereocenters. The molecule has 3 rings (SSSR count). The Balaban J connectivity index is 1.84. The second-order valence-electron chi connectivity index (χ2n) is 5.73. The predicted octanol–water partition coefficient (Wildman–Crippen LogP) is 2.44. The molecule has 0 amide bonds. The van der Waals surface area contributed by atoms with Crippen molar-refractivity contribution in [2.24, 2.45) is 5.92 Å². The molecule has 1 N–H and O–H groups in total. The lowest BCUT2D eigenvalue weighted by atomic mass is 9.94. The van der Waals surface area contributed by atoms with E-state index in [1.165, 1.54) is 11.4 Å². The Morgan fingerprint density at radius 3 is 2.90 bits per heavy atom. The molecule has 2 atom stereocenters. The summed E-state index contributed by atoms with van der Waals surface area (Å²) in [5.41, 5.74) is 2.51. The quantitative estimate of drug-likeness (QED) is 0.850. The lowest BCUT2D eigenvalue weighted by Gasteiger charge is -2.37. The number of aliphatic hydroxyl groups excluding tert-OH is 1. The zero-order chi connectivity index (χ0) is 14.3. The van der Waals surface area contributed by atoms with E-state index in [1.54, 1.807) is 0 Å². The zero-order valence-corrected chi connectivity index (χ0v) is 12.6. The number of nitrogens with zero attached hydrogens (tertiary/aromatic N) is 3. The molecule has 0 aliphatic carbocycles. The molecular weight excluding hydrogens is 274 g/mol. The summed E-state index contributed by atoms with van der Waals surface area (Å²) < 4.78 is 0. The summed E-state index contributed by atoms with van der Waals surface area (Å²) in [7, 11) is 0. The average Bonchev–Trinajstić information content (AvgIpc) is 2.83. The zero-order valence-electron chi connectivity index (χ0n) is 11.9. The first-order valence-electron chi connectivity index (χ1n) is 7.07. The summed E-state index contributed by atoms with van der Waals surface area (Å²) in [6, 6.07) is 3.83. The van der Waals surface area contributed by atoms with Crippen LogP contribution >= 0.6 is 11.6 Å². The van der Waals surface area contributed by atoms with Crippen LogP contribution in [0, 0.1) is 5.92 Å². The molecule has 5 heteroatoms. The Labute approximate surface area is 124 Å². The van der Waals surface area contributed by atoms with Gasteiger partial charge in [0.05, 0.1) is 0 Å². The van der Waals surface area contributed by atoms with Crippen LogP contribution in [0.1, 0.15) is 25.8 Å². The van der Waals surface area contributed by atoms with E-state index in [-0.39, 0.29) is 6.23 Å². The van der Waals surface area contributed by atoms with Crippen LogP contribution in [0.3, 0.4) is 0 Å². The van der Waals surface area contributed by atoms with Gasteiger partial charge in [0.2, 0.25) is 0 Å². The van der Waals surface area contributed by atoms with Crippen molar-refractivity contribution in [1.82, 2.24) is 14.8 Å². The maximum absolute atomic E-state index is 10.2. The highest BCUT2D eigenvalue weighted by Crippen LogP contribution is 2.35. The smallest absolute Gasteiger partial charge is 0.129 e. The number of halogens is 1. The number of pyridine rings is 1. The minimum Gasteiger partial charge on any atom is -0.374 e. The van der Waals surface area contributed by atoms with Crippen LogP contribution in [0.5, 0.6) is 0 Å². The fourth-order valence-corrected chi connectivity index (χ4v) is 3.21. The van der Waals surface area contributed by atoms with Crippen molar-refractivity contribution in [3.8, 4) is 0 Å². The van der Waals surface area contributed by atoms with E-state index >= 15 is 0 Å².